The molecule has 5 nitrogen and oxygen atoms in total. The molecule has 5 heteroatoms. The minimum absolute atomic E-state index is 0.138. The molecule has 124 valence electrons. The Kier molecular flexibility index (Phi) is 4.96. The second-order valence-corrected chi connectivity index (χ2v) is 6.43. The predicted molar refractivity (Wildman–Crippen MR) is 88.5 cm³/mol. The fourth-order valence-corrected chi connectivity index (χ4v) is 3.49. The molecule has 1 saturated carbocycles. The molecule has 1 saturated heterocycles. The lowest BCUT2D eigenvalue weighted by molar-refractivity contribution is -0.121. The first kappa shape index (κ1) is 16.0. The Morgan fingerprint density at radius 3 is 2.48 bits per heavy atom. The van der Waals surface area contributed by atoms with E-state index in [9.17, 15) is 9.59 Å². The fourth-order valence-electron chi connectivity index (χ4n) is 3.49. The SMILES string of the molecule is COc1ccc(N2C(=O)C[C@H](NCC3CCCCC3)C2=O)cc1. The maximum Gasteiger partial charge on any atom is 0.251 e. The molecule has 0 aromatic heterocycles. The first-order valence-corrected chi connectivity index (χ1v) is 8.43. The largest absolute Gasteiger partial charge is 0.497 e. The van der Waals surface area contributed by atoms with Gasteiger partial charge in [0.05, 0.1) is 25.3 Å². The van der Waals surface area contributed by atoms with Crippen LogP contribution in [-0.4, -0.2) is 31.5 Å². The number of hydrogen-bond acceptors (Lipinski definition) is 4. The van der Waals surface area contributed by atoms with Crippen molar-refractivity contribution < 1.29 is 14.3 Å². The van der Waals surface area contributed by atoms with E-state index in [1.54, 1.807) is 31.4 Å². The predicted octanol–water partition coefficient (Wildman–Crippen LogP) is 2.50. The van der Waals surface area contributed by atoms with E-state index in [-0.39, 0.29) is 24.3 Å². The summed E-state index contributed by atoms with van der Waals surface area (Å²) in [5.41, 5.74) is 0.614. The topological polar surface area (TPSA) is 58.6 Å². The number of methoxy groups -OCH3 is 1. The van der Waals surface area contributed by atoms with Gasteiger partial charge in [0.25, 0.3) is 5.91 Å². The van der Waals surface area contributed by atoms with E-state index in [0.717, 1.165) is 6.54 Å². The van der Waals surface area contributed by atoms with E-state index in [0.29, 0.717) is 17.4 Å². The number of carbonyl (C=O) groups is 2. The quantitative estimate of drug-likeness (QED) is 0.848. The van der Waals surface area contributed by atoms with Crippen LogP contribution in [0, 0.1) is 5.92 Å². The van der Waals surface area contributed by atoms with E-state index in [4.69, 9.17) is 4.74 Å². The van der Waals surface area contributed by atoms with E-state index in [2.05, 4.69) is 5.32 Å². The minimum Gasteiger partial charge on any atom is -0.497 e. The Balaban J connectivity index is 1.62. The van der Waals surface area contributed by atoms with Gasteiger partial charge in [0, 0.05) is 0 Å². The lowest BCUT2D eigenvalue weighted by Gasteiger charge is -2.23. The summed E-state index contributed by atoms with van der Waals surface area (Å²) in [5.74, 6) is 1.07. The van der Waals surface area contributed by atoms with Crippen molar-refractivity contribution in [1.82, 2.24) is 5.32 Å². The summed E-state index contributed by atoms with van der Waals surface area (Å²) in [4.78, 5) is 26.1. The van der Waals surface area contributed by atoms with Crippen molar-refractivity contribution in [2.45, 2.75) is 44.6 Å². The number of nitrogens with zero attached hydrogens (tertiary/aromatic N) is 1. The highest BCUT2D eigenvalue weighted by Gasteiger charge is 2.39. The Morgan fingerprint density at radius 1 is 1.13 bits per heavy atom. The number of imide groups is 1. The molecule has 1 aliphatic carbocycles. The summed E-state index contributed by atoms with van der Waals surface area (Å²) in [6.45, 7) is 0.833. The lowest BCUT2D eigenvalue weighted by Crippen LogP contribution is -2.41. The normalized spacial score (nSPS) is 22.7. The van der Waals surface area contributed by atoms with Crippen LogP contribution in [0.4, 0.5) is 5.69 Å². The van der Waals surface area contributed by atoms with Gasteiger partial charge in [-0.1, -0.05) is 19.3 Å². The minimum atomic E-state index is -0.383. The average Bonchev–Trinajstić information content (AvgIpc) is 2.88. The van der Waals surface area contributed by atoms with Crippen LogP contribution in [0.2, 0.25) is 0 Å². The molecule has 3 rings (SSSR count). The van der Waals surface area contributed by atoms with Gasteiger partial charge in [0.15, 0.2) is 0 Å². The van der Waals surface area contributed by atoms with Crippen molar-refractivity contribution in [2.24, 2.45) is 5.92 Å². The smallest absolute Gasteiger partial charge is 0.251 e. The Hall–Kier alpha value is -1.88. The van der Waals surface area contributed by atoms with Crippen LogP contribution in [0.5, 0.6) is 5.75 Å². The molecule has 0 unspecified atom stereocenters. The summed E-state index contributed by atoms with van der Waals surface area (Å²) < 4.78 is 5.11. The van der Waals surface area contributed by atoms with E-state index in [1.165, 1.54) is 37.0 Å². The van der Waals surface area contributed by atoms with Crippen molar-refractivity contribution in [1.29, 1.82) is 0 Å². The Bertz CT molecular complexity index is 564. The van der Waals surface area contributed by atoms with Crippen LogP contribution in [0.1, 0.15) is 38.5 Å². The van der Waals surface area contributed by atoms with Gasteiger partial charge >= 0.3 is 0 Å². The van der Waals surface area contributed by atoms with Gasteiger partial charge in [-0.2, -0.15) is 0 Å². The maximum absolute atomic E-state index is 12.6. The molecule has 1 N–H and O–H groups in total. The molecule has 0 bridgehead atoms. The molecule has 1 aliphatic heterocycles. The van der Waals surface area contributed by atoms with Crippen LogP contribution in [0.3, 0.4) is 0 Å². The summed E-state index contributed by atoms with van der Waals surface area (Å²) in [6, 6.07) is 6.64. The molecule has 2 fully saturated rings. The monoisotopic (exact) mass is 316 g/mol. The standard InChI is InChI=1S/C18H24N2O3/c1-23-15-9-7-14(8-10-15)20-17(21)11-16(18(20)22)19-12-13-5-3-2-4-6-13/h7-10,13,16,19H,2-6,11-12H2,1H3/t16-/m0/s1. The average molecular weight is 316 g/mol. The van der Waals surface area contributed by atoms with Crippen LogP contribution >= 0.6 is 0 Å². The highest BCUT2D eigenvalue weighted by molar-refractivity contribution is 6.22. The van der Waals surface area contributed by atoms with Gasteiger partial charge in [-0.25, -0.2) is 4.90 Å². The fraction of sp³-hybridized carbons (Fsp3) is 0.556. The van der Waals surface area contributed by atoms with Gasteiger partial charge in [-0.05, 0) is 49.6 Å². The van der Waals surface area contributed by atoms with Crippen LogP contribution in [0.25, 0.3) is 0 Å². The van der Waals surface area contributed by atoms with Gasteiger partial charge < -0.3 is 10.1 Å². The molecule has 23 heavy (non-hydrogen) atoms. The number of rotatable bonds is 5. The molecular weight excluding hydrogens is 292 g/mol. The Labute approximate surface area is 137 Å². The number of amides is 2. The van der Waals surface area contributed by atoms with E-state index < -0.39 is 0 Å². The number of anilines is 1. The van der Waals surface area contributed by atoms with Crippen molar-refractivity contribution in [3.8, 4) is 5.75 Å². The molecule has 0 spiro atoms. The maximum atomic E-state index is 12.6. The lowest BCUT2D eigenvalue weighted by atomic mass is 9.89. The van der Waals surface area contributed by atoms with Crippen molar-refractivity contribution >= 4 is 17.5 Å². The molecule has 2 amide bonds. The van der Waals surface area contributed by atoms with Crippen molar-refractivity contribution in [3.63, 3.8) is 0 Å². The first-order chi connectivity index (χ1) is 11.2. The second kappa shape index (κ2) is 7.13. The zero-order chi connectivity index (χ0) is 16.2. The van der Waals surface area contributed by atoms with Crippen molar-refractivity contribution in [2.75, 3.05) is 18.6 Å². The van der Waals surface area contributed by atoms with Gasteiger partial charge in [-0.15, -0.1) is 0 Å². The first-order valence-electron chi connectivity index (χ1n) is 8.43. The summed E-state index contributed by atoms with van der Waals surface area (Å²) in [6.07, 6.45) is 6.58. The van der Waals surface area contributed by atoms with Gasteiger partial charge in [0.1, 0.15) is 5.75 Å². The van der Waals surface area contributed by atoms with Crippen LogP contribution < -0.4 is 15.0 Å². The Morgan fingerprint density at radius 2 is 1.83 bits per heavy atom. The van der Waals surface area contributed by atoms with E-state index in [1.807, 2.05) is 0 Å². The summed E-state index contributed by atoms with van der Waals surface area (Å²) in [5, 5.41) is 3.32. The van der Waals surface area contributed by atoms with Crippen molar-refractivity contribution in [3.05, 3.63) is 24.3 Å². The number of carbonyl (C=O) groups excluding carboxylic acids is 2. The highest BCUT2D eigenvalue weighted by atomic mass is 16.5. The zero-order valence-electron chi connectivity index (χ0n) is 13.6. The molecule has 1 heterocycles. The number of hydrogen-bond donors (Lipinski definition) is 1. The molecule has 1 aromatic rings. The summed E-state index contributed by atoms with van der Waals surface area (Å²) >= 11 is 0. The third-order valence-electron chi connectivity index (χ3n) is 4.85. The third-order valence-corrected chi connectivity index (χ3v) is 4.85. The number of ether oxygens (including phenoxy) is 1. The molecule has 2 aliphatic rings. The molecule has 0 radical (unpaired) electrons. The van der Waals surface area contributed by atoms with Crippen LogP contribution in [-0.2, 0) is 9.59 Å². The van der Waals surface area contributed by atoms with Gasteiger partial charge in [-0.3, -0.25) is 9.59 Å². The highest BCUT2D eigenvalue weighted by Crippen LogP contribution is 2.26. The second-order valence-electron chi connectivity index (χ2n) is 6.43. The number of benzene rings is 1. The summed E-state index contributed by atoms with van der Waals surface area (Å²) in [7, 11) is 1.59. The number of nitrogens with one attached hydrogen (secondary N) is 1. The molecule has 1 aromatic carbocycles. The van der Waals surface area contributed by atoms with Crippen LogP contribution in [0.15, 0.2) is 24.3 Å². The van der Waals surface area contributed by atoms with Gasteiger partial charge in [0.2, 0.25) is 5.91 Å². The molecular formula is C18H24N2O3. The third kappa shape index (κ3) is 3.55. The van der Waals surface area contributed by atoms with E-state index >= 15 is 0 Å². The zero-order valence-corrected chi connectivity index (χ0v) is 13.6. The molecule has 1 atom stereocenters.